The minimum absolute atomic E-state index is 0.153. The molecule has 0 fully saturated rings. The van der Waals surface area contributed by atoms with Crippen molar-refractivity contribution < 1.29 is 14.6 Å². The quantitative estimate of drug-likeness (QED) is 0.602. The van der Waals surface area contributed by atoms with Crippen molar-refractivity contribution in [3.8, 4) is 0 Å². The number of nitrogen functional groups attached to an aromatic ring is 1. The van der Waals surface area contributed by atoms with Crippen LogP contribution in [0.1, 0.15) is 26.3 Å². The van der Waals surface area contributed by atoms with E-state index >= 15 is 0 Å². The number of anilines is 2. The fraction of sp³-hybridized carbons (Fsp3) is 0.538. The number of hydrogen-bond donors (Lipinski definition) is 4. The summed E-state index contributed by atoms with van der Waals surface area (Å²) in [5.74, 6) is 0.549. The van der Waals surface area contributed by atoms with Gasteiger partial charge in [-0.15, -0.1) is 0 Å². The summed E-state index contributed by atoms with van der Waals surface area (Å²) < 4.78 is 5.10. The number of carbonyl (C=O) groups excluding carboxylic acids is 1. The number of pyridine rings is 1. The molecule has 0 bridgehead atoms. The highest BCUT2D eigenvalue weighted by molar-refractivity contribution is 5.67. The summed E-state index contributed by atoms with van der Waals surface area (Å²) in [5.41, 5.74) is 6.17. The highest BCUT2D eigenvalue weighted by Gasteiger charge is 2.15. The number of nitrogens with two attached hydrogens (primary N) is 1. The number of amides is 1. The zero-order valence-corrected chi connectivity index (χ0v) is 12.1. The first-order valence-electron chi connectivity index (χ1n) is 6.38. The summed E-state index contributed by atoms with van der Waals surface area (Å²) >= 11 is 0. The monoisotopic (exact) mass is 282 g/mol. The molecule has 0 spiro atoms. The number of carbonyl (C=O) groups is 1. The van der Waals surface area contributed by atoms with Crippen molar-refractivity contribution in [1.29, 1.82) is 0 Å². The smallest absolute Gasteiger partial charge is 0.407 e. The van der Waals surface area contributed by atoms with E-state index in [4.69, 9.17) is 10.5 Å². The van der Waals surface area contributed by atoms with Gasteiger partial charge in [-0.2, -0.15) is 0 Å². The molecule has 1 aromatic rings. The standard InChI is InChI=1S/C13H22N4O3/c1-13(2,3)20-12(19)16-5-4-15-11-9(8-18)6-10(14)7-17-11/h6-7,18H,4-5,8,14H2,1-3H3,(H,15,17)(H,16,19). The van der Waals surface area contributed by atoms with Crippen molar-refractivity contribution in [2.24, 2.45) is 0 Å². The van der Waals surface area contributed by atoms with Gasteiger partial charge in [0.2, 0.25) is 0 Å². The Kier molecular flexibility index (Phi) is 5.57. The Hall–Kier alpha value is -2.02. The molecule has 0 aliphatic rings. The van der Waals surface area contributed by atoms with Crippen molar-refractivity contribution >= 4 is 17.6 Å². The predicted octanol–water partition coefficient (Wildman–Crippen LogP) is 1.09. The Balaban J connectivity index is 2.36. The normalized spacial score (nSPS) is 11.0. The van der Waals surface area contributed by atoms with E-state index in [0.29, 0.717) is 30.2 Å². The maximum atomic E-state index is 11.4. The van der Waals surface area contributed by atoms with Crippen LogP contribution >= 0.6 is 0 Å². The van der Waals surface area contributed by atoms with E-state index in [-0.39, 0.29) is 6.61 Å². The number of alkyl carbamates (subject to hydrolysis) is 1. The van der Waals surface area contributed by atoms with Crippen LogP contribution < -0.4 is 16.4 Å². The fourth-order valence-electron chi connectivity index (χ4n) is 1.47. The lowest BCUT2D eigenvalue weighted by atomic mass is 10.2. The molecule has 20 heavy (non-hydrogen) atoms. The number of ether oxygens (including phenoxy) is 1. The second-order valence-electron chi connectivity index (χ2n) is 5.29. The molecule has 0 saturated carbocycles. The van der Waals surface area contributed by atoms with Crippen molar-refractivity contribution in [3.05, 3.63) is 17.8 Å². The first-order valence-corrected chi connectivity index (χ1v) is 6.38. The molecule has 1 amide bonds. The first-order chi connectivity index (χ1) is 9.31. The molecule has 1 aromatic heterocycles. The van der Waals surface area contributed by atoms with Crippen LogP contribution in [0.3, 0.4) is 0 Å². The molecule has 0 aliphatic heterocycles. The van der Waals surface area contributed by atoms with Gasteiger partial charge in [-0.3, -0.25) is 0 Å². The lowest BCUT2D eigenvalue weighted by Gasteiger charge is -2.19. The van der Waals surface area contributed by atoms with Crippen LogP contribution in [0.2, 0.25) is 0 Å². The minimum Gasteiger partial charge on any atom is -0.444 e. The Bertz CT molecular complexity index is 457. The molecule has 0 radical (unpaired) electrons. The SMILES string of the molecule is CC(C)(C)OC(=O)NCCNc1ncc(N)cc1CO. The second kappa shape index (κ2) is 6.95. The van der Waals surface area contributed by atoms with Gasteiger partial charge in [-0.1, -0.05) is 0 Å². The number of nitrogens with zero attached hydrogens (tertiary/aromatic N) is 1. The number of aliphatic hydroxyl groups is 1. The third-order valence-corrected chi connectivity index (χ3v) is 2.24. The lowest BCUT2D eigenvalue weighted by molar-refractivity contribution is 0.0530. The minimum atomic E-state index is -0.514. The molecule has 0 saturated heterocycles. The number of rotatable bonds is 5. The average Bonchev–Trinajstić information content (AvgIpc) is 2.33. The van der Waals surface area contributed by atoms with Crippen LogP contribution in [0.25, 0.3) is 0 Å². The average molecular weight is 282 g/mol. The van der Waals surface area contributed by atoms with E-state index in [1.807, 2.05) is 0 Å². The highest BCUT2D eigenvalue weighted by Crippen LogP contribution is 2.14. The number of aromatic nitrogens is 1. The molecule has 7 heteroatoms. The molecule has 0 atom stereocenters. The van der Waals surface area contributed by atoms with Crippen LogP contribution in [0, 0.1) is 0 Å². The zero-order valence-electron chi connectivity index (χ0n) is 12.1. The molecule has 0 aromatic carbocycles. The molecule has 1 rings (SSSR count). The second-order valence-corrected chi connectivity index (χ2v) is 5.29. The van der Waals surface area contributed by atoms with Crippen molar-refractivity contribution in [3.63, 3.8) is 0 Å². The van der Waals surface area contributed by atoms with Crippen molar-refractivity contribution in [2.75, 3.05) is 24.1 Å². The largest absolute Gasteiger partial charge is 0.444 e. The van der Waals surface area contributed by atoms with Gasteiger partial charge in [0.1, 0.15) is 11.4 Å². The number of nitrogens with one attached hydrogen (secondary N) is 2. The van der Waals surface area contributed by atoms with Gasteiger partial charge in [-0.25, -0.2) is 9.78 Å². The zero-order chi connectivity index (χ0) is 15.2. The van der Waals surface area contributed by atoms with E-state index in [9.17, 15) is 9.90 Å². The van der Waals surface area contributed by atoms with E-state index in [2.05, 4.69) is 15.6 Å². The van der Waals surface area contributed by atoms with E-state index in [1.54, 1.807) is 26.8 Å². The van der Waals surface area contributed by atoms with Gasteiger partial charge < -0.3 is 26.2 Å². The lowest BCUT2D eigenvalue weighted by Crippen LogP contribution is -2.35. The Morgan fingerprint density at radius 3 is 2.75 bits per heavy atom. The summed E-state index contributed by atoms with van der Waals surface area (Å²) in [6, 6.07) is 1.65. The van der Waals surface area contributed by atoms with Crippen LogP contribution in [-0.2, 0) is 11.3 Å². The van der Waals surface area contributed by atoms with Gasteiger partial charge in [0.15, 0.2) is 0 Å². The predicted molar refractivity (Wildman–Crippen MR) is 77.3 cm³/mol. The van der Waals surface area contributed by atoms with Crippen LogP contribution in [0.15, 0.2) is 12.3 Å². The Labute approximate surface area is 118 Å². The molecule has 5 N–H and O–H groups in total. The maximum absolute atomic E-state index is 11.4. The number of hydrogen-bond acceptors (Lipinski definition) is 6. The summed E-state index contributed by atoms with van der Waals surface area (Å²) in [6.07, 6.45) is 1.04. The van der Waals surface area contributed by atoms with Crippen LogP contribution in [-0.4, -0.2) is 34.9 Å². The third kappa shape index (κ3) is 5.75. The molecule has 1 heterocycles. The maximum Gasteiger partial charge on any atom is 0.407 e. The van der Waals surface area contributed by atoms with Crippen LogP contribution in [0.4, 0.5) is 16.3 Å². The molecule has 0 aliphatic carbocycles. The molecule has 112 valence electrons. The van der Waals surface area contributed by atoms with Crippen molar-refractivity contribution in [1.82, 2.24) is 10.3 Å². The first kappa shape index (κ1) is 16.0. The highest BCUT2D eigenvalue weighted by atomic mass is 16.6. The summed E-state index contributed by atoms with van der Waals surface area (Å²) in [5, 5.41) is 14.8. The van der Waals surface area contributed by atoms with Gasteiger partial charge in [0.05, 0.1) is 18.5 Å². The summed E-state index contributed by atoms with van der Waals surface area (Å²) in [6.45, 7) is 6.10. The Morgan fingerprint density at radius 1 is 1.45 bits per heavy atom. The van der Waals surface area contributed by atoms with Gasteiger partial charge in [-0.05, 0) is 26.8 Å². The van der Waals surface area contributed by atoms with E-state index < -0.39 is 11.7 Å². The Morgan fingerprint density at radius 2 is 2.15 bits per heavy atom. The summed E-state index contributed by atoms with van der Waals surface area (Å²) in [4.78, 5) is 15.5. The van der Waals surface area contributed by atoms with Gasteiger partial charge >= 0.3 is 6.09 Å². The fourth-order valence-corrected chi connectivity index (χ4v) is 1.47. The molecular formula is C13H22N4O3. The molecule has 0 unspecified atom stereocenters. The molecule has 7 nitrogen and oxygen atoms in total. The third-order valence-electron chi connectivity index (χ3n) is 2.24. The summed E-state index contributed by atoms with van der Waals surface area (Å²) in [7, 11) is 0. The van der Waals surface area contributed by atoms with E-state index in [0.717, 1.165) is 0 Å². The molecular weight excluding hydrogens is 260 g/mol. The van der Waals surface area contributed by atoms with Gasteiger partial charge in [0, 0.05) is 18.7 Å². The topological polar surface area (TPSA) is 110 Å². The number of aliphatic hydroxyl groups excluding tert-OH is 1. The van der Waals surface area contributed by atoms with Crippen molar-refractivity contribution in [2.45, 2.75) is 33.0 Å². The van der Waals surface area contributed by atoms with Crippen LogP contribution in [0.5, 0.6) is 0 Å². The van der Waals surface area contributed by atoms with E-state index in [1.165, 1.54) is 6.20 Å². The van der Waals surface area contributed by atoms with Gasteiger partial charge in [0.25, 0.3) is 0 Å².